The van der Waals surface area contributed by atoms with E-state index in [0.29, 0.717) is 6.54 Å². The molecule has 140 valence electrons. The zero-order valence-corrected chi connectivity index (χ0v) is 15.1. The number of amides is 3. The van der Waals surface area contributed by atoms with Gasteiger partial charge >= 0.3 is 6.03 Å². The molecule has 2 aromatic rings. The highest BCUT2D eigenvalue weighted by atomic mass is 16.2. The normalized spacial score (nSPS) is 15.9. The number of imide groups is 1. The van der Waals surface area contributed by atoms with Gasteiger partial charge in [-0.15, -0.1) is 0 Å². The van der Waals surface area contributed by atoms with Gasteiger partial charge in [0.2, 0.25) is 5.91 Å². The summed E-state index contributed by atoms with van der Waals surface area (Å²) in [5, 5.41) is 5.01. The van der Waals surface area contributed by atoms with Gasteiger partial charge in [-0.2, -0.15) is 0 Å². The Morgan fingerprint density at radius 2 is 1.92 bits per heavy atom. The fourth-order valence-electron chi connectivity index (χ4n) is 3.05. The average Bonchev–Trinajstić information content (AvgIpc) is 3.04. The maximum absolute atomic E-state index is 11.9. The van der Waals surface area contributed by atoms with Gasteiger partial charge < -0.3 is 9.72 Å². The Morgan fingerprint density at radius 1 is 1.15 bits per heavy atom. The molecule has 3 rings (SSSR count). The largest absolute Gasteiger partial charge is 0.338 e. The minimum absolute atomic E-state index is 0.252. The molecule has 0 spiro atoms. The standard InChI is InChI=1S/C18H26N6O2/c1-2-6-19-18(26)21-17(25)14-23-10-8-22(9-11-23)12-15-13-24-7-4-3-5-16(24)20-15/h3-5,7,13H,2,6,8-12,14H2,1H3,(H2,19,21,25,26). The van der Waals surface area contributed by atoms with Gasteiger partial charge in [-0.05, 0) is 18.6 Å². The zero-order valence-electron chi connectivity index (χ0n) is 15.1. The first-order valence-corrected chi connectivity index (χ1v) is 9.09. The molecule has 2 aromatic heterocycles. The molecule has 1 fully saturated rings. The van der Waals surface area contributed by atoms with Gasteiger partial charge in [0, 0.05) is 51.7 Å². The number of imidazole rings is 1. The van der Waals surface area contributed by atoms with E-state index in [4.69, 9.17) is 0 Å². The Kier molecular flexibility index (Phi) is 6.19. The van der Waals surface area contributed by atoms with Crippen molar-refractivity contribution in [2.24, 2.45) is 0 Å². The summed E-state index contributed by atoms with van der Waals surface area (Å²) >= 11 is 0. The van der Waals surface area contributed by atoms with Crippen LogP contribution in [0.15, 0.2) is 30.6 Å². The highest BCUT2D eigenvalue weighted by molar-refractivity contribution is 5.95. The predicted octanol–water partition coefficient (Wildman–Crippen LogP) is 0.688. The minimum Gasteiger partial charge on any atom is -0.338 e. The molecule has 26 heavy (non-hydrogen) atoms. The molecule has 0 atom stereocenters. The second kappa shape index (κ2) is 8.77. The molecule has 1 aliphatic rings. The summed E-state index contributed by atoms with van der Waals surface area (Å²) < 4.78 is 2.03. The van der Waals surface area contributed by atoms with Crippen molar-refractivity contribution in [2.45, 2.75) is 19.9 Å². The highest BCUT2D eigenvalue weighted by Crippen LogP contribution is 2.09. The number of carbonyl (C=O) groups excluding carboxylic acids is 2. The van der Waals surface area contributed by atoms with Crippen molar-refractivity contribution in [1.29, 1.82) is 0 Å². The summed E-state index contributed by atoms with van der Waals surface area (Å²) in [6, 6.07) is 5.56. The molecule has 8 heteroatoms. The molecule has 0 saturated carbocycles. The molecule has 8 nitrogen and oxygen atoms in total. The van der Waals surface area contributed by atoms with E-state index in [1.165, 1.54) is 0 Å². The first kappa shape index (κ1) is 18.3. The van der Waals surface area contributed by atoms with Gasteiger partial charge in [0.05, 0.1) is 12.2 Å². The molecule has 0 unspecified atom stereocenters. The number of urea groups is 1. The fraction of sp³-hybridized carbons (Fsp3) is 0.500. The Labute approximate surface area is 153 Å². The molecular weight excluding hydrogens is 332 g/mol. The van der Waals surface area contributed by atoms with Crippen LogP contribution in [0, 0.1) is 0 Å². The van der Waals surface area contributed by atoms with E-state index in [2.05, 4.69) is 31.6 Å². The summed E-state index contributed by atoms with van der Waals surface area (Å²) in [7, 11) is 0. The Balaban J connectivity index is 1.41. The van der Waals surface area contributed by atoms with Gasteiger partial charge in [0.25, 0.3) is 0 Å². The number of piperazine rings is 1. The second-order valence-electron chi connectivity index (χ2n) is 6.55. The Morgan fingerprint density at radius 3 is 2.65 bits per heavy atom. The molecule has 0 radical (unpaired) electrons. The SMILES string of the molecule is CCCNC(=O)NC(=O)CN1CCN(Cc2cn3ccccc3n2)CC1. The number of carbonyl (C=O) groups is 2. The van der Waals surface area contributed by atoms with Crippen LogP contribution >= 0.6 is 0 Å². The summed E-state index contributed by atoms with van der Waals surface area (Å²) in [6.45, 7) is 6.96. The number of aromatic nitrogens is 2. The summed E-state index contributed by atoms with van der Waals surface area (Å²) in [5.41, 5.74) is 2.01. The van der Waals surface area contributed by atoms with E-state index in [1.54, 1.807) is 0 Å². The van der Waals surface area contributed by atoms with Crippen LogP contribution in [0.3, 0.4) is 0 Å². The Hall–Kier alpha value is -2.45. The van der Waals surface area contributed by atoms with E-state index < -0.39 is 6.03 Å². The van der Waals surface area contributed by atoms with Gasteiger partial charge in [-0.25, -0.2) is 9.78 Å². The van der Waals surface area contributed by atoms with Crippen molar-refractivity contribution in [1.82, 2.24) is 29.8 Å². The van der Waals surface area contributed by atoms with Crippen molar-refractivity contribution < 1.29 is 9.59 Å². The topological polar surface area (TPSA) is 82.0 Å². The van der Waals surface area contributed by atoms with Crippen LogP contribution in [0.1, 0.15) is 19.0 Å². The molecule has 0 bridgehead atoms. The third-order valence-corrected chi connectivity index (χ3v) is 4.42. The van der Waals surface area contributed by atoms with Crippen LogP contribution in [0.5, 0.6) is 0 Å². The minimum atomic E-state index is -0.415. The lowest BCUT2D eigenvalue weighted by Crippen LogP contribution is -2.50. The number of hydrogen-bond donors (Lipinski definition) is 2. The van der Waals surface area contributed by atoms with Gasteiger partial charge in [0.1, 0.15) is 5.65 Å². The molecule has 3 amide bonds. The zero-order chi connectivity index (χ0) is 18.4. The number of nitrogens with one attached hydrogen (secondary N) is 2. The van der Waals surface area contributed by atoms with Crippen molar-refractivity contribution in [3.05, 3.63) is 36.3 Å². The summed E-state index contributed by atoms with van der Waals surface area (Å²) in [4.78, 5) is 32.5. The van der Waals surface area contributed by atoms with Crippen molar-refractivity contribution in [3.63, 3.8) is 0 Å². The molecule has 0 aromatic carbocycles. The van der Waals surface area contributed by atoms with Gasteiger partial charge in [-0.1, -0.05) is 13.0 Å². The highest BCUT2D eigenvalue weighted by Gasteiger charge is 2.20. The maximum atomic E-state index is 11.9. The molecular formula is C18H26N6O2. The van der Waals surface area contributed by atoms with Crippen LogP contribution in [-0.2, 0) is 11.3 Å². The number of pyridine rings is 1. The first-order valence-electron chi connectivity index (χ1n) is 9.09. The predicted molar refractivity (Wildman–Crippen MR) is 98.7 cm³/mol. The molecule has 1 saturated heterocycles. The van der Waals surface area contributed by atoms with E-state index in [-0.39, 0.29) is 12.5 Å². The van der Waals surface area contributed by atoms with E-state index in [9.17, 15) is 9.59 Å². The first-order chi connectivity index (χ1) is 12.6. The van der Waals surface area contributed by atoms with Crippen LogP contribution in [-0.4, -0.2) is 70.4 Å². The van der Waals surface area contributed by atoms with Crippen LogP contribution in [0.4, 0.5) is 4.79 Å². The molecule has 1 aliphatic heterocycles. The lowest BCUT2D eigenvalue weighted by Gasteiger charge is -2.33. The average molecular weight is 358 g/mol. The number of hydrogen-bond acceptors (Lipinski definition) is 5. The lowest BCUT2D eigenvalue weighted by atomic mass is 10.3. The molecule has 0 aliphatic carbocycles. The van der Waals surface area contributed by atoms with Gasteiger partial charge in [-0.3, -0.25) is 19.9 Å². The van der Waals surface area contributed by atoms with E-state index >= 15 is 0 Å². The second-order valence-corrected chi connectivity index (χ2v) is 6.55. The third kappa shape index (κ3) is 5.03. The van der Waals surface area contributed by atoms with Crippen molar-refractivity contribution in [3.8, 4) is 0 Å². The van der Waals surface area contributed by atoms with Crippen molar-refractivity contribution in [2.75, 3.05) is 39.3 Å². The molecule has 2 N–H and O–H groups in total. The summed E-state index contributed by atoms with van der Waals surface area (Å²) in [6.07, 6.45) is 4.90. The monoisotopic (exact) mass is 358 g/mol. The van der Waals surface area contributed by atoms with Crippen LogP contribution in [0.25, 0.3) is 5.65 Å². The molecule has 3 heterocycles. The summed E-state index contributed by atoms with van der Waals surface area (Å²) in [5.74, 6) is -0.257. The Bertz CT molecular complexity index is 718. The van der Waals surface area contributed by atoms with E-state index in [0.717, 1.165) is 50.5 Å². The van der Waals surface area contributed by atoms with Crippen LogP contribution in [0.2, 0.25) is 0 Å². The quantitative estimate of drug-likeness (QED) is 0.794. The fourth-order valence-corrected chi connectivity index (χ4v) is 3.05. The van der Waals surface area contributed by atoms with Crippen molar-refractivity contribution >= 4 is 17.6 Å². The van der Waals surface area contributed by atoms with E-state index in [1.807, 2.05) is 35.7 Å². The van der Waals surface area contributed by atoms with Gasteiger partial charge in [0.15, 0.2) is 0 Å². The third-order valence-electron chi connectivity index (χ3n) is 4.42. The van der Waals surface area contributed by atoms with Crippen LogP contribution < -0.4 is 10.6 Å². The number of rotatable bonds is 6. The smallest absolute Gasteiger partial charge is 0.321 e. The number of fused-ring (bicyclic) bond motifs is 1. The maximum Gasteiger partial charge on any atom is 0.321 e. The lowest BCUT2D eigenvalue weighted by molar-refractivity contribution is -0.121. The number of nitrogens with zero attached hydrogens (tertiary/aromatic N) is 4.